The first-order valence-corrected chi connectivity index (χ1v) is 6.65. The summed E-state index contributed by atoms with van der Waals surface area (Å²) in [5.74, 6) is -0.472. The van der Waals surface area contributed by atoms with Crippen molar-refractivity contribution >= 4 is 40.5 Å². The molecule has 0 bridgehead atoms. The van der Waals surface area contributed by atoms with Crippen LogP contribution in [0.15, 0.2) is 36.4 Å². The average Bonchev–Trinajstić information content (AvgIpc) is 2.43. The quantitative estimate of drug-likeness (QED) is 0.669. The van der Waals surface area contributed by atoms with Crippen LogP contribution in [0, 0.1) is 17.0 Å². The number of carbonyl (C=O) groups excluding carboxylic acids is 1. The zero-order chi connectivity index (χ0) is 15.6. The van der Waals surface area contributed by atoms with Crippen LogP contribution in [0.25, 0.3) is 0 Å². The number of halogens is 2. The highest BCUT2D eigenvalue weighted by Gasteiger charge is 2.16. The molecule has 1 amide bonds. The summed E-state index contributed by atoms with van der Waals surface area (Å²) in [6.07, 6.45) is 0. The molecule has 0 saturated carbocycles. The first-order chi connectivity index (χ1) is 9.88. The molecule has 0 heterocycles. The molecule has 5 nitrogen and oxygen atoms in total. The van der Waals surface area contributed by atoms with Gasteiger partial charge in [0.1, 0.15) is 5.02 Å². The van der Waals surface area contributed by atoms with Crippen molar-refractivity contribution in [1.82, 2.24) is 0 Å². The fourth-order valence-corrected chi connectivity index (χ4v) is 2.08. The number of nitro groups is 1. The van der Waals surface area contributed by atoms with Crippen molar-refractivity contribution in [3.05, 3.63) is 67.7 Å². The molecule has 2 rings (SSSR count). The van der Waals surface area contributed by atoms with Gasteiger partial charge in [-0.25, -0.2) is 0 Å². The van der Waals surface area contributed by atoms with Crippen molar-refractivity contribution in [3.8, 4) is 0 Å². The first kappa shape index (κ1) is 15.3. The number of anilines is 1. The van der Waals surface area contributed by atoms with E-state index in [4.69, 9.17) is 23.2 Å². The summed E-state index contributed by atoms with van der Waals surface area (Å²) in [4.78, 5) is 22.3. The number of rotatable bonds is 3. The number of benzene rings is 2. The minimum absolute atomic E-state index is 0.0181. The van der Waals surface area contributed by atoms with Crippen LogP contribution in [0.4, 0.5) is 11.4 Å². The lowest BCUT2D eigenvalue weighted by Crippen LogP contribution is -2.13. The van der Waals surface area contributed by atoms with Crippen LogP contribution < -0.4 is 5.32 Å². The summed E-state index contributed by atoms with van der Waals surface area (Å²) in [5.41, 5.74) is 1.21. The maximum absolute atomic E-state index is 12.1. The van der Waals surface area contributed by atoms with E-state index >= 15 is 0 Å². The predicted octanol–water partition coefficient (Wildman–Crippen LogP) is 4.46. The zero-order valence-corrected chi connectivity index (χ0v) is 12.4. The number of carbonyl (C=O) groups is 1. The summed E-state index contributed by atoms with van der Waals surface area (Å²) in [6, 6.07) is 8.96. The highest BCUT2D eigenvalue weighted by atomic mass is 35.5. The van der Waals surface area contributed by atoms with Gasteiger partial charge in [0.05, 0.1) is 4.92 Å². The molecule has 2 aromatic rings. The number of nitro benzene ring substituents is 1. The van der Waals surface area contributed by atoms with Crippen LogP contribution in [-0.2, 0) is 0 Å². The smallest absolute Gasteiger partial charge is 0.288 e. The van der Waals surface area contributed by atoms with Gasteiger partial charge >= 0.3 is 0 Å². The normalized spacial score (nSPS) is 10.2. The molecule has 1 N–H and O–H groups in total. The Morgan fingerprint density at radius 1 is 1.19 bits per heavy atom. The molecular formula is C14H10Cl2N2O3. The van der Waals surface area contributed by atoms with Gasteiger partial charge in [0.25, 0.3) is 11.6 Å². The van der Waals surface area contributed by atoms with Crippen molar-refractivity contribution in [2.24, 2.45) is 0 Å². The van der Waals surface area contributed by atoms with Gasteiger partial charge in [0.2, 0.25) is 0 Å². The molecule has 0 saturated heterocycles. The van der Waals surface area contributed by atoms with E-state index < -0.39 is 10.8 Å². The molecule has 108 valence electrons. The minimum Gasteiger partial charge on any atom is -0.322 e. The van der Waals surface area contributed by atoms with Crippen LogP contribution in [-0.4, -0.2) is 10.8 Å². The van der Waals surface area contributed by atoms with E-state index in [2.05, 4.69) is 5.32 Å². The molecule has 0 aliphatic carbocycles. The summed E-state index contributed by atoms with van der Waals surface area (Å²) >= 11 is 11.6. The van der Waals surface area contributed by atoms with Crippen LogP contribution >= 0.6 is 23.2 Å². The Labute approximate surface area is 130 Å². The van der Waals surface area contributed by atoms with E-state index in [-0.39, 0.29) is 16.3 Å². The number of nitrogens with one attached hydrogen (secondary N) is 1. The Morgan fingerprint density at radius 2 is 1.90 bits per heavy atom. The lowest BCUT2D eigenvalue weighted by molar-refractivity contribution is -0.384. The standard InChI is InChI=1S/C14H10Cl2N2O3/c1-8-2-4-10(15)7-12(8)17-14(19)9-3-5-11(16)13(6-9)18(20)21/h2-7H,1H3,(H,17,19). The number of nitrogens with zero attached hydrogens (tertiary/aromatic N) is 1. The van der Waals surface area contributed by atoms with Gasteiger partial charge in [-0.1, -0.05) is 29.3 Å². The van der Waals surface area contributed by atoms with Crippen LogP contribution in [0.1, 0.15) is 15.9 Å². The van der Waals surface area contributed by atoms with Gasteiger partial charge in [-0.2, -0.15) is 0 Å². The third-order valence-corrected chi connectivity index (χ3v) is 3.41. The predicted molar refractivity (Wildman–Crippen MR) is 82.2 cm³/mol. The summed E-state index contributed by atoms with van der Waals surface area (Å²) in [5, 5.41) is 14.0. The van der Waals surface area contributed by atoms with Crippen molar-refractivity contribution in [3.63, 3.8) is 0 Å². The molecule has 0 aliphatic heterocycles. The fourth-order valence-electron chi connectivity index (χ4n) is 1.72. The highest BCUT2D eigenvalue weighted by molar-refractivity contribution is 6.33. The lowest BCUT2D eigenvalue weighted by Gasteiger charge is -2.09. The Morgan fingerprint density at radius 3 is 2.57 bits per heavy atom. The second kappa shape index (κ2) is 6.11. The molecule has 0 unspecified atom stereocenters. The Kier molecular flexibility index (Phi) is 4.45. The van der Waals surface area contributed by atoms with E-state index in [9.17, 15) is 14.9 Å². The van der Waals surface area contributed by atoms with Crippen molar-refractivity contribution < 1.29 is 9.72 Å². The van der Waals surface area contributed by atoms with E-state index in [1.165, 1.54) is 12.1 Å². The molecule has 21 heavy (non-hydrogen) atoms. The Bertz CT molecular complexity index is 732. The lowest BCUT2D eigenvalue weighted by atomic mass is 10.1. The van der Waals surface area contributed by atoms with Crippen LogP contribution in [0.3, 0.4) is 0 Å². The van der Waals surface area contributed by atoms with Gasteiger partial charge in [-0.3, -0.25) is 14.9 Å². The molecule has 0 spiro atoms. The summed E-state index contributed by atoms with van der Waals surface area (Å²) < 4.78 is 0. The molecule has 0 aliphatic rings. The van der Waals surface area contributed by atoms with Gasteiger partial charge in [0, 0.05) is 22.3 Å². The second-order valence-electron chi connectivity index (χ2n) is 4.34. The molecule has 0 radical (unpaired) electrons. The van der Waals surface area contributed by atoms with Gasteiger partial charge < -0.3 is 5.32 Å². The highest BCUT2D eigenvalue weighted by Crippen LogP contribution is 2.26. The maximum Gasteiger partial charge on any atom is 0.288 e. The average molecular weight is 325 g/mol. The van der Waals surface area contributed by atoms with Gasteiger partial charge in [0.15, 0.2) is 0 Å². The van der Waals surface area contributed by atoms with Crippen molar-refractivity contribution in [1.29, 1.82) is 0 Å². The van der Waals surface area contributed by atoms with Crippen LogP contribution in [0.2, 0.25) is 10.0 Å². The minimum atomic E-state index is -0.635. The van der Waals surface area contributed by atoms with E-state index in [0.717, 1.165) is 11.6 Å². The van der Waals surface area contributed by atoms with Gasteiger partial charge in [-0.05, 0) is 36.8 Å². The SMILES string of the molecule is Cc1ccc(Cl)cc1NC(=O)c1ccc(Cl)c([N+](=O)[O-])c1. The number of hydrogen-bond acceptors (Lipinski definition) is 3. The first-order valence-electron chi connectivity index (χ1n) is 5.90. The third kappa shape index (κ3) is 3.51. The fraction of sp³-hybridized carbons (Fsp3) is 0.0714. The number of amides is 1. The molecule has 7 heteroatoms. The van der Waals surface area contributed by atoms with Gasteiger partial charge in [-0.15, -0.1) is 0 Å². The third-order valence-electron chi connectivity index (χ3n) is 2.85. The summed E-state index contributed by atoms with van der Waals surface area (Å²) in [7, 11) is 0. The largest absolute Gasteiger partial charge is 0.322 e. The molecule has 2 aromatic carbocycles. The molecule has 0 aromatic heterocycles. The monoisotopic (exact) mass is 324 g/mol. The second-order valence-corrected chi connectivity index (χ2v) is 5.18. The Balaban J connectivity index is 2.30. The van der Waals surface area contributed by atoms with Crippen molar-refractivity contribution in [2.45, 2.75) is 6.92 Å². The number of aryl methyl sites for hydroxylation is 1. The van der Waals surface area contributed by atoms with Crippen molar-refractivity contribution in [2.75, 3.05) is 5.32 Å². The molecule has 0 atom stereocenters. The zero-order valence-electron chi connectivity index (χ0n) is 10.9. The van der Waals surface area contributed by atoms with E-state index in [1.807, 2.05) is 6.92 Å². The molecular weight excluding hydrogens is 315 g/mol. The van der Waals surface area contributed by atoms with E-state index in [1.54, 1.807) is 18.2 Å². The maximum atomic E-state index is 12.1. The van der Waals surface area contributed by atoms with Crippen LogP contribution in [0.5, 0.6) is 0 Å². The summed E-state index contributed by atoms with van der Waals surface area (Å²) in [6.45, 7) is 1.82. The Hall–Kier alpha value is -2.11. The van der Waals surface area contributed by atoms with E-state index in [0.29, 0.717) is 10.7 Å². The molecule has 0 fully saturated rings. The number of hydrogen-bond donors (Lipinski definition) is 1. The topological polar surface area (TPSA) is 72.2 Å².